The number of aliphatic carboxylic acids is 1. The average Bonchev–Trinajstić information content (AvgIpc) is 1.27. The molecule has 0 saturated carbocycles. The van der Waals surface area contributed by atoms with Crippen molar-refractivity contribution in [3.8, 4) is 0 Å². The molecule has 0 N–H and O–H groups in total. The maximum Gasteiger partial charge on any atom is 1.00 e. The summed E-state index contributed by atoms with van der Waals surface area (Å²) in [6, 6.07) is 0. The molecular formula is C4H4AgBrO2. The van der Waals surface area contributed by atoms with Crippen LogP contribution in [0.25, 0.3) is 0 Å². The third kappa shape index (κ3) is 9.66. The van der Waals surface area contributed by atoms with E-state index in [4.69, 9.17) is 0 Å². The second kappa shape index (κ2) is 5.56. The summed E-state index contributed by atoms with van der Waals surface area (Å²) in [6.07, 6.45) is 0.972. The summed E-state index contributed by atoms with van der Waals surface area (Å²) >= 11 is 2.92. The zero-order valence-corrected chi connectivity index (χ0v) is 7.14. The smallest absolute Gasteiger partial charge is 0.545 e. The summed E-state index contributed by atoms with van der Waals surface area (Å²) in [4.78, 5) is 9.59. The van der Waals surface area contributed by atoms with Crippen LogP contribution in [0.2, 0.25) is 0 Å². The summed E-state index contributed by atoms with van der Waals surface area (Å²) in [7, 11) is 0. The number of hydrogen-bond donors (Lipinski definition) is 0. The summed E-state index contributed by atoms with van der Waals surface area (Å²) in [5.74, 6) is -1.17. The standard InChI is InChI=1S/C4H5BrO2.Ag/c1-3(5)2-4(6)7;/h2H,1H3,(H,6,7);/q;+1/p-1. The van der Waals surface area contributed by atoms with Gasteiger partial charge in [0, 0.05) is 0 Å². The van der Waals surface area contributed by atoms with Gasteiger partial charge in [-0.25, -0.2) is 0 Å². The van der Waals surface area contributed by atoms with Gasteiger partial charge in [-0.15, -0.1) is 0 Å². The summed E-state index contributed by atoms with van der Waals surface area (Å²) in [6.45, 7) is 1.62. The molecule has 0 saturated heterocycles. The normalized spacial score (nSPS) is 10.0. The Hall–Kier alpha value is 0.430. The molecule has 0 aliphatic carbocycles. The number of hydrogen-bond acceptors (Lipinski definition) is 2. The SMILES string of the molecule is CC(Br)=CC(=O)[O-].[Ag+]. The molecule has 4 heteroatoms. The van der Waals surface area contributed by atoms with Crippen LogP contribution in [0, 0.1) is 0 Å². The number of carbonyl (C=O) groups excluding carboxylic acids is 1. The van der Waals surface area contributed by atoms with E-state index in [1.54, 1.807) is 6.92 Å². The third-order valence-corrected chi connectivity index (χ3v) is 0.546. The molecule has 0 rings (SSSR count). The van der Waals surface area contributed by atoms with E-state index in [1.807, 2.05) is 0 Å². The molecular weight excluding hydrogens is 268 g/mol. The van der Waals surface area contributed by atoms with Crippen LogP contribution in [0.3, 0.4) is 0 Å². The van der Waals surface area contributed by atoms with Crippen LogP contribution in [0.5, 0.6) is 0 Å². The maximum atomic E-state index is 9.59. The van der Waals surface area contributed by atoms with Gasteiger partial charge in [0.2, 0.25) is 0 Å². The van der Waals surface area contributed by atoms with Crippen molar-refractivity contribution in [3.63, 3.8) is 0 Å². The molecule has 0 radical (unpaired) electrons. The van der Waals surface area contributed by atoms with Crippen molar-refractivity contribution < 1.29 is 32.3 Å². The zero-order chi connectivity index (χ0) is 5.86. The molecule has 0 atom stereocenters. The fourth-order valence-corrected chi connectivity index (χ4v) is 0.349. The van der Waals surface area contributed by atoms with Crippen molar-refractivity contribution in [3.05, 3.63) is 10.6 Å². The van der Waals surface area contributed by atoms with Gasteiger partial charge < -0.3 is 9.90 Å². The Morgan fingerprint density at radius 3 is 2.12 bits per heavy atom. The number of allylic oxidation sites excluding steroid dienone is 1. The molecule has 0 fully saturated rings. The van der Waals surface area contributed by atoms with Crippen molar-refractivity contribution in [2.24, 2.45) is 0 Å². The monoisotopic (exact) mass is 270 g/mol. The Morgan fingerprint density at radius 1 is 1.75 bits per heavy atom. The molecule has 0 heterocycles. The molecule has 0 unspecified atom stereocenters. The Morgan fingerprint density at radius 2 is 2.12 bits per heavy atom. The molecule has 8 heavy (non-hydrogen) atoms. The number of carboxylic acids is 1. The Bertz CT molecular complexity index is 107. The molecule has 0 amide bonds. The van der Waals surface area contributed by atoms with Crippen molar-refractivity contribution in [2.75, 3.05) is 0 Å². The van der Waals surface area contributed by atoms with Gasteiger partial charge in [0.05, 0.1) is 5.97 Å². The van der Waals surface area contributed by atoms with E-state index < -0.39 is 5.97 Å². The topological polar surface area (TPSA) is 40.1 Å². The summed E-state index contributed by atoms with van der Waals surface area (Å²) in [5, 5.41) is 9.59. The molecule has 0 spiro atoms. The van der Waals surface area contributed by atoms with E-state index in [2.05, 4.69) is 15.9 Å². The molecule has 0 aromatic carbocycles. The van der Waals surface area contributed by atoms with E-state index in [0.29, 0.717) is 4.48 Å². The van der Waals surface area contributed by atoms with Crippen LogP contribution in [-0.2, 0) is 27.2 Å². The van der Waals surface area contributed by atoms with Gasteiger partial charge in [0.25, 0.3) is 0 Å². The van der Waals surface area contributed by atoms with Crippen molar-refractivity contribution >= 4 is 21.9 Å². The first-order valence-electron chi connectivity index (χ1n) is 1.67. The van der Waals surface area contributed by atoms with Gasteiger partial charge in [-0.3, -0.25) is 0 Å². The van der Waals surface area contributed by atoms with Crippen LogP contribution < -0.4 is 5.11 Å². The van der Waals surface area contributed by atoms with Crippen LogP contribution in [0.1, 0.15) is 6.92 Å². The van der Waals surface area contributed by atoms with Gasteiger partial charge >= 0.3 is 22.4 Å². The van der Waals surface area contributed by atoms with E-state index in [0.717, 1.165) is 6.08 Å². The minimum atomic E-state index is -1.17. The minimum Gasteiger partial charge on any atom is -0.545 e. The quantitative estimate of drug-likeness (QED) is 0.499. The summed E-state index contributed by atoms with van der Waals surface area (Å²) in [5.41, 5.74) is 0. The molecule has 0 aromatic rings. The van der Waals surface area contributed by atoms with Gasteiger partial charge in [0.15, 0.2) is 0 Å². The van der Waals surface area contributed by atoms with Crippen molar-refractivity contribution in [1.82, 2.24) is 0 Å². The van der Waals surface area contributed by atoms with Gasteiger partial charge in [-0.2, -0.15) is 0 Å². The second-order valence-electron chi connectivity index (χ2n) is 1.05. The predicted octanol–water partition coefficient (Wildman–Crippen LogP) is 0.0325. The fourth-order valence-electron chi connectivity index (χ4n) is 0.162. The number of rotatable bonds is 1. The van der Waals surface area contributed by atoms with Gasteiger partial charge in [-0.05, 0) is 17.5 Å². The Kier molecular flexibility index (Phi) is 7.83. The van der Waals surface area contributed by atoms with Crippen molar-refractivity contribution in [1.29, 1.82) is 0 Å². The van der Waals surface area contributed by atoms with E-state index >= 15 is 0 Å². The predicted molar refractivity (Wildman–Crippen MR) is 27.7 cm³/mol. The first-order chi connectivity index (χ1) is 3.13. The van der Waals surface area contributed by atoms with Crippen LogP contribution >= 0.6 is 15.9 Å². The maximum absolute atomic E-state index is 9.59. The molecule has 50 valence electrons. The molecule has 0 bridgehead atoms. The first-order valence-corrected chi connectivity index (χ1v) is 2.47. The second-order valence-corrected chi connectivity index (χ2v) is 2.30. The third-order valence-electron chi connectivity index (χ3n) is 0.317. The zero-order valence-electron chi connectivity index (χ0n) is 4.07. The minimum absolute atomic E-state index is 0. The van der Waals surface area contributed by atoms with Crippen LogP contribution in [-0.4, -0.2) is 5.97 Å². The van der Waals surface area contributed by atoms with E-state index in [-0.39, 0.29) is 22.4 Å². The van der Waals surface area contributed by atoms with E-state index in [1.165, 1.54) is 0 Å². The number of carboxylic acid groups (broad SMARTS) is 1. The molecule has 2 nitrogen and oxygen atoms in total. The molecule has 0 aliphatic rings. The van der Waals surface area contributed by atoms with Gasteiger partial charge in [-0.1, -0.05) is 15.9 Å². The summed E-state index contributed by atoms with van der Waals surface area (Å²) < 4.78 is 0.563. The van der Waals surface area contributed by atoms with E-state index in [9.17, 15) is 9.90 Å². The Balaban J connectivity index is 0. The average molecular weight is 272 g/mol. The van der Waals surface area contributed by atoms with Crippen molar-refractivity contribution in [2.45, 2.75) is 6.92 Å². The Labute approximate surface area is 71.6 Å². The van der Waals surface area contributed by atoms with Gasteiger partial charge in [0.1, 0.15) is 0 Å². The fraction of sp³-hybridized carbons (Fsp3) is 0.250. The largest absolute Gasteiger partial charge is 1.00 e. The molecule has 0 aromatic heterocycles. The first kappa shape index (κ1) is 11.3. The number of carbonyl (C=O) groups is 1. The number of halogens is 1. The van der Waals surface area contributed by atoms with Crippen LogP contribution in [0.4, 0.5) is 0 Å². The molecule has 0 aliphatic heterocycles. The van der Waals surface area contributed by atoms with Crippen LogP contribution in [0.15, 0.2) is 10.6 Å².